The van der Waals surface area contributed by atoms with E-state index in [0.717, 1.165) is 38.0 Å². The van der Waals surface area contributed by atoms with E-state index in [0.29, 0.717) is 6.42 Å². The first-order valence-electron chi connectivity index (χ1n) is 6.03. The van der Waals surface area contributed by atoms with Gasteiger partial charge in [0.05, 0.1) is 6.61 Å². The topological polar surface area (TPSA) is 64.3 Å². The predicted octanol–water partition coefficient (Wildman–Crippen LogP) is 1.32. The van der Waals surface area contributed by atoms with E-state index in [2.05, 4.69) is 17.6 Å². The SMILES string of the molecule is NNC(=O)CCCCc1ccc2c(c1)CCO2. The average Bonchev–Trinajstić information content (AvgIpc) is 2.81. The quantitative estimate of drug-likeness (QED) is 0.349. The van der Waals surface area contributed by atoms with Gasteiger partial charge in [0.15, 0.2) is 0 Å². The van der Waals surface area contributed by atoms with Crippen LogP contribution in [0.4, 0.5) is 0 Å². The number of carbonyl (C=O) groups excluding carboxylic acids is 1. The molecule has 3 N–H and O–H groups in total. The minimum Gasteiger partial charge on any atom is -0.493 e. The number of aryl methyl sites for hydroxylation is 1. The van der Waals surface area contributed by atoms with Crippen LogP contribution >= 0.6 is 0 Å². The van der Waals surface area contributed by atoms with E-state index in [-0.39, 0.29) is 5.91 Å². The van der Waals surface area contributed by atoms with Crippen molar-refractivity contribution in [3.8, 4) is 5.75 Å². The van der Waals surface area contributed by atoms with Crippen LogP contribution in [0.1, 0.15) is 30.4 Å². The van der Waals surface area contributed by atoms with Crippen LogP contribution in [0, 0.1) is 0 Å². The number of hydrogen-bond acceptors (Lipinski definition) is 3. The van der Waals surface area contributed by atoms with Crippen LogP contribution in [-0.4, -0.2) is 12.5 Å². The highest BCUT2D eigenvalue weighted by molar-refractivity contribution is 5.75. The fourth-order valence-corrected chi connectivity index (χ4v) is 2.08. The maximum absolute atomic E-state index is 10.9. The number of hydrogen-bond donors (Lipinski definition) is 2. The number of nitrogens with one attached hydrogen (secondary N) is 1. The van der Waals surface area contributed by atoms with E-state index in [9.17, 15) is 4.79 Å². The van der Waals surface area contributed by atoms with Gasteiger partial charge in [-0.2, -0.15) is 0 Å². The highest BCUT2D eigenvalue weighted by Gasteiger charge is 2.11. The first-order valence-corrected chi connectivity index (χ1v) is 6.03. The summed E-state index contributed by atoms with van der Waals surface area (Å²) in [4.78, 5) is 10.9. The molecule has 0 unspecified atom stereocenters. The Balaban J connectivity index is 1.78. The van der Waals surface area contributed by atoms with Crippen molar-refractivity contribution in [2.45, 2.75) is 32.1 Å². The van der Waals surface area contributed by atoms with Crippen LogP contribution in [0.15, 0.2) is 18.2 Å². The third-order valence-electron chi connectivity index (χ3n) is 3.03. The molecule has 0 saturated heterocycles. The molecule has 4 nitrogen and oxygen atoms in total. The van der Waals surface area contributed by atoms with Crippen molar-refractivity contribution < 1.29 is 9.53 Å². The van der Waals surface area contributed by atoms with E-state index >= 15 is 0 Å². The fourth-order valence-electron chi connectivity index (χ4n) is 2.08. The number of carbonyl (C=O) groups is 1. The van der Waals surface area contributed by atoms with Gasteiger partial charge in [-0.3, -0.25) is 10.2 Å². The smallest absolute Gasteiger partial charge is 0.233 e. The molecule has 2 rings (SSSR count). The molecular weight excluding hydrogens is 216 g/mol. The molecule has 0 aliphatic carbocycles. The average molecular weight is 234 g/mol. The van der Waals surface area contributed by atoms with Crippen molar-refractivity contribution >= 4 is 5.91 Å². The van der Waals surface area contributed by atoms with Gasteiger partial charge in [-0.15, -0.1) is 0 Å². The van der Waals surface area contributed by atoms with Crippen LogP contribution in [0.25, 0.3) is 0 Å². The summed E-state index contributed by atoms with van der Waals surface area (Å²) in [6.07, 6.45) is 4.40. The summed E-state index contributed by atoms with van der Waals surface area (Å²) in [5, 5.41) is 0. The maximum Gasteiger partial charge on any atom is 0.233 e. The van der Waals surface area contributed by atoms with E-state index in [1.54, 1.807) is 0 Å². The zero-order valence-corrected chi connectivity index (χ0v) is 9.87. The Hall–Kier alpha value is -1.55. The lowest BCUT2D eigenvalue weighted by molar-refractivity contribution is -0.121. The molecule has 0 spiro atoms. The highest BCUT2D eigenvalue weighted by atomic mass is 16.5. The molecule has 0 fully saturated rings. The lowest BCUT2D eigenvalue weighted by atomic mass is 10.0. The number of unbranched alkanes of at least 4 members (excludes halogenated alkanes) is 1. The van der Waals surface area contributed by atoms with Gasteiger partial charge in [0.25, 0.3) is 0 Å². The highest BCUT2D eigenvalue weighted by Crippen LogP contribution is 2.26. The zero-order chi connectivity index (χ0) is 12.1. The Morgan fingerprint density at radius 2 is 2.29 bits per heavy atom. The Bertz CT molecular complexity index is 404. The first-order chi connectivity index (χ1) is 8.29. The summed E-state index contributed by atoms with van der Waals surface area (Å²) in [6, 6.07) is 6.36. The summed E-state index contributed by atoms with van der Waals surface area (Å²) in [5.41, 5.74) is 4.77. The number of ether oxygens (including phenoxy) is 1. The van der Waals surface area contributed by atoms with Gasteiger partial charge in [-0.1, -0.05) is 12.1 Å². The number of benzene rings is 1. The fraction of sp³-hybridized carbons (Fsp3) is 0.462. The molecule has 1 aliphatic rings. The van der Waals surface area contributed by atoms with E-state index < -0.39 is 0 Å². The Labute approximate surface area is 101 Å². The van der Waals surface area contributed by atoms with E-state index in [1.807, 2.05) is 6.07 Å². The second-order valence-corrected chi connectivity index (χ2v) is 4.32. The summed E-state index contributed by atoms with van der Waals surface area (Å²) in [6.45, 7) is 0.801. The zero-order valence-electron chi connectivity index (χ0n) is 9.87. The van der Waals surface area contributed by atoms with Crippen LogP contribution in [-0.2, 0) is 17.6 Å². The monoisotopic (exact) mass is 234 g/mol. The second kappa shape index (κ2) is 5.68. The molecule has 17 heavy (non-hydrogen) atoms. The molecule has 1 aliphatic heterocycles. The molecular formula is C13H18N2O2. The number of rotatable bonds is 5. The summed E-state index contributed by atoms with van der Waals surface area (Å²) < 4.78 is 5.46. The summed E-state index contributed by atoms with van der Waals surface area (Å²) >= 11 is 0. The van der Waals surface area contributed by atoms with Crippen molar-refractivity contribution in [2.75, 3.05) is 6.61 Å². The molecule has 1 aromatic carbocycles. The molecule has 0 atom stereocenters. The van der Waals surface area contributed by atoms with Gasteiger partial charge < -0.3 is 4.74 Å². The van der Waals surface area contributed by atoms with Crippen LogP contribution in [0.2, 0.25) is 0 Å². The molecule has 0 bridgehead atoms. The predicted molar refractivity (Wildman–Crippen MR) is 65.5 cm³/mol. The van der Waals surface area contributed by atoms with Crippen LogP contribution < -0.4 is 16.0 Å². The van der Waals surface area contributed by atoms with Crippen molar-refractivity contribution in [3.05, 3.63) is 29.3 Å². The van der Waals surface area contributed by atoms with E-state index in [1.165, 1.54) is 11.1 Å². The number of fused-ring (bicyclic) bond motifs is 1. The van der Waals surface area contributed by atoms with Gasteiger partial charge in [0.2, 0.25) is 5.91 Å². The van der Waals surface area contributed by atoms with Crippen molar-refractivity contribution in [1.29, 1.82) is 0 Å². The first kappa shape index (κ1) is 11.9. The maximum atomic E-state index is 10.9. The van der Waals surface area contributed by atoms with E-state index in [4.69, 9.17) is 10.6 Å². The number of hydrazine groups is 1. The minimum atomic E-state index is -0.0904. The third-order valence-corrected chi connectivity index (χ3v) is 3.03. The molecule has 1 aromatic rings. The van der Waals surface area contributed by atoms with Gasteiger partial charge in [-0.05, 0) is 36.5 Å². The van der Waals surface area contributed by atoms with Crippen LogP contribution in [0.5, 0.6) is 5.75 Å². The van der Waals surface area contributed by atoms with Crippen molar-refractivity contribution in [3.63, 3.8) is 0 Å². The number of amides is 1. The Kier molecular flexibility index (Phi) is 3.98. The molecule has 0 saturated carbocycles. The van der Waals surface area contributed by atoms with Crippen LogP contribution in [0.3, 0.4) is 0 Å². The lowest BCUT2D eigenvalue weighted by Gasteiger charge is -2.04. The number of nitrogens with two attached hydrogens (primary N) is 1. The van der Waals surface area contributed by atoms with Gasteiger partial charge in [0, 0.05) is 12.8 Å². The van der Waals surface area contributed by atoms with Gasteiger partial charge in [0.1, 0.15) is 5.75 Å². The van der Waals surface area contributed by atoms with Crippen molar-refractivity contribution in [2.24, 2.45) is 5.84 Å². The van der Waals surface area contributed by atoms with Crippen molar-refractivity contribution in [1.82, 2.24) is 5.43 Å². The third kappa shape index (κ3) is 3.20. The normalized spacial score (nSPS) is 13.0. The molecule has 1 amide bonds. The minimum absolute atomic E-state index is 0.0904. The van der Waals surface area contributed by atoms with Gasteiger partial charge in [-0.25, -0.2) is 5.84 Å². The standard InChI is InChI=1S/C13H18N2O2/c14-15-13(16)4-2-1-3-10-5-6-12-11(9-10)7-8-17-12/h5-6,9H,1-4,7-8,14H2,(H,15,16). The Morgan fingerprint density at radius 1 is 1.41 bits per heavy atom. The molecule has 4 heteroatoms. The lowest BCUT2D eigenvalue weighted by Crippen LogP contribution is -2.29. The molecule has 1 heterocycles. The summed E-state index contributed by atoms with van der Waals surface area (Å²) in [7, 11) is 0. The second-order valence-electron chi connectivity index (χ2n) is 4.32. The molecule has 92 valence electrons. The largest absolute Gasteiger partial charge is 0.493 e. The summed E-state index contributed by atoms with van der Waals surface area (Å²) in [5.74, 6) is 5.95. The van der Waals surface area contributed by atoms with Gasteiger partial charge >= 0.3 is 0 Å². The Morgan fingerprint density at radius 3 is 3.12 bits per heavy atom. The molecule has 0 aromatic heterocycles. The molecule has 0 radical (unpaired) electrons.